The summed E-state index contributed by atoms with van der Waals surface area (Å²) in [5.74, 6) is -4.12. The van der Waals surface area contributed by atoms with Gasteiger partial charge in [0, 0.05) is 24.4 Å². The number of carbonyl (C=O) groups is 6. The molecule has 0 spiro atoms. The van der Waals surface area contributed by atoms with Crippen LogP contribution < -0.4 is 10.6 Å². The van der Waals surface area contributed by atoms with Crippen LogP contribution in [-0.2, 0) is 24.0 Å². The number of amides is 6. The molecule has 4 rings (SSSR count). The molecule has 6 amide bonds. The number of likely N-dealkylation sites (N-methyl/N-ethyl adjacent to an activating group) is 1. The fourth-order valence-electron chi connectivity index (χ4n) is 4.70. The average Bonchev–Trinajstić information content (AvgIpc) is 3.10. The van der Waals surface area contributed by atoms with E-state index in [4.69, 9.17) is 0 Å². The number of nitrogens with zero attached hydrogens (tertiary/aromatic N) is 3. The quantitative estimate of drug-likeness (QED) is 0.231. The van der Waals surface area contributed by atoms with E-state index in [1.807, 2.05) is 0 Å². The zero-order valence-electron chi connectivity index (χ0n) is 20.0. The summed E-state index contributed by atoms with van der Waals surface area (Å²) in [5, 5.41) is 14.2. The maximum absolute atomic E-state index is 13.3. The molecule has 0 aliphatic carbocycles. The number of hydrogen-bond acceptors (Lipinski definition) is 7. The second-order valence-corrected chi connectivity index (χ2v) is 11.0. The zero-order chi connectivity index (χ0) is 26.4. The van der Waals surface area contributed by atoms with E-state index in [1.165, 1.54) is 21.6 Å². The van der Waals surface area contributed by atoms with Crippen LogP contribution in [0.2, 0.25) is 0 Å². The van der Waals surface area contributed by atoms with Gasteiger partial charge in [-0.1, -0.05) is 30.3 Å². The molecule has 1 unspecified atom stereocenters. The van der Waals surface area contributed by atoms with Gasteiger partial charge in [0.2, 0.25) is 11.8 Å². The van der Waals surface area contributed by atoms with Crippen LogP contribution in [0, 0.1) is 0 Å². The van der Waals surface area contributed by atoms with Crippen molar-refractivity contribution in [2.24, 2.45) is 0 Å². The van der Waals surface area contributed by atoms with Crippen LogP contribution >= 0.6 is 11.8 Å². The number of benzene rings is 1. The molecule has 0 aromatic heterocycles. The van der Waals surface area contributed by atoms with Gasteiger partial charge in [-0.15, -0.1) is 11.8 Å². The van der Waals surface area contributed by atoms with E-state index in [9.17, 15) is 33.9 Å². The normalized spacial score (nSPS) is 25.0. The molecule has 3 heterocycles. The number of thioether (sulfide) groups is 1. The van der Waals surface area contributed by atoms with E-state index >= 15 is 0 Å². The number of carboxylic acid groups (broad SMARTS) is 1. The molecule has 0 radical (unpaired) electrons. The molecular weight excluding hydrogens is 529 g/mol. The van der Waals surface area contributed by atoms with Crippen molar-refractivity contribution in [1.82, 2.24) is 25.3 Å². The molecule has 3 N–H and O–H groups in total. The van der Waals surface area contributed by atoms with Crippen LogP contribution in [0.15, 0.2) is 30.3 Å². The second kappa shape index (κ2) is 11.4. The third-order valence-electron chi connectivity index (χ3n) is 6.57. The zero-order valence-corrected chi connectivity index (χ0v) is 20.8. The summed E-state index contributed by atoms with van der Waals surface area (Å²) in [6, 6.07) is 4.11. The SMILES string of the molecule is CCN1CCN(C(=O)NC(C(=O)N[C@@H]2C(=O)N3[C@@H]2SC(C)(C)[C@@H]3C(=O)O)c2ccccc2)C(=O)C1=O.[KH]. The summed E-state index contributed by atoms with van der Waals surface area (Å²) in [6.07, 6.45) is 0. The fraction of sp³-hybridized carbons (Fsp3) is 0.478. The maximum atomic E-state index is 13.3. The second-order valence-electron chi connectivity index (χ2n) is 9.22. The molecule has 12 nitrogen and oxygen atoms in total. The van der Waals surface area contributed by atoms with Crippen LogP contribution in [0.25, 0.3) is 0 Å². The van der Waals surface area contributed by atoms with Gasteiger partial charge in [-0.2, -0.15) is 0 Å². The van der Waals surface area contributed by atoms with E-state index in [-0.39, 0.29) is 64.5 Å². The minimum absolute atomic E-state index is 0. The van der Waals surface area contributed by atoms with Crippen LogP contribution in [0.4, 0.5) is 4.79 Å². The summed E-state index contributed by atoms with van der Waals surface area (Å²) in [4.78, 5) is 78.8. The molecule has 194 valence electrons. The minimum atomic E-state index is -1.26. The first-order valence-electron chi connectivity index (χ1n) is 11.5. The van der Waals surface area contributed by atoms with E-state index in [1.54, 1.807) is 51.1 Å². The molecule has 0 bridgehead atoms. The first kappa shape index (κ1) is 29.6. The van der Waals surface area contributed by atoms with Crippen molar-refractivity contribution in [2.45, 2.75) is 49.0 Å². The number of carboxylic acids is 1. The summed E-state index contributed by atoms with van der Waals surface area (Å²) in [5.41, 5.74) is 0.403. The fourth-order valence-corrected chi connectivity index (χ4v) is 6.32. The Morgan fingerprint density at radius 1 is 1.11 bits per heavy atom. The van der Waals surface area contributed by atoms with Crippen molar-refractivity contribution in [3.63, 3.8) is 0 Å². The molecule has 3 aliphatic heterocycles. The van der Waals surface area contributed by atoms with Crippen LogP contribution in [0.3, 0.4) is 0 Å². The molecule has 4 atom stereocenters. The molecule has 1 aromatic rings. The van der Waals surface area contributed by atoms with Gasteiger partial charge in [0.05, 0.1) is 0 Å². The van der Waals surface area contributed by atoms with Gasteiger partial charge >= 0.3 is 75.2 Å². The van der Waals surface area contributed by atoms with E-state index in [0.717, 1.165) is 4.90 Å². The first-order valence-corrected chi connectivity index (χ1v) is 12.3. The molecule has 1 aromatic carbocycles. The topological polar surface area (TPSA) is 156 Å². The summed E-state index contributed by atoms with van der Waals surface area (Å²) in [7, 11) is 0. The predicted molar refractivity (Wildman–Crippen MR) is 134 cm³/mol. The van der Waals surface area contributed by atoms with Gasteiger partial charge in [-0.05, 0) is 26.3 Å². The third-order valence-corrected chi connectivity index (χ3v) is 8.14. The van der Waals surface area contributed by atoms with Gasteiger partial charge in [-0.25, -0.2) is 9.59 Å². The van der Waals surface area contributed by atoms with Gasteiger partial charge in [-0.3, -0.25) is 24.1 Å². The van der Waals surface area contributed by atoms with Gasteiger partial charge in [0.25, 0.3) is 0 Å². The molecule has 14 heteroatoms. The van der Waals surface area contributed by atoms with Crippen molar-refractivity contribution in [3.8, 4) is 0 Å². The number of hydrogen-bond donors (Lipinski definition) is 3. The Labute approximate surface area is 260 Å². The standard InChI is InChI=1S/C23H27N5O7S.K.H/c1-4-26-10-11-27(19(32)18(26)31)22(35)25-13(12-8-6-5-7-9-12)16(29)24-14-17(30)28-15(21(33)34)23(2,3)36-20(14)28;;/h5-9,13-15,20H,4,10-11H2,1-3H3,(H,24,29)(H,25,35)(H,33,34);;/t13?,14-,15+,20-;;/m1../s1. The Balaban J connectivity index is 0.00000380. The summed E-state index contributed by atoms with van der Waals surface area (Å²) >= 11 is 1.28. The molecule has 0 saturated carbocycles. The third kappa shape index (κ3) is 5.45. The Morgan fingerprint density at radius 2 is 1.76 bits per heavy atom. The number of piperazine rings is 1. The van der Waals surface area contributed by atoms with Crippen LogP contribution in [0.5, 0.6) is 0 Å². The molecule has 37 heavy (non-hydrogen) atoms. The van der Waals surface area contributed by atoms with Gasteiger partial charge in [0.1, 0.15) is 23.5 Å². The van der Waals surface area contributed by atoms with Crippen molar-refractivity contribution < 1.29 is 33.9 Å². The number of urea groups is 1. The van der Waals surface area contributed by atoms with Crippen LogP contribution in [0.1, 0.15) is 32.4 Å². The number of fused-ring (bicyclic) bond motifs is 1. The van der Waals surface area contributed by atoms with Crippen LogP contribution in [-0.4, -0.2) is 149 Å². The summed E-state index contributed by atoms with van der Waals surface area (Å²) in [6.45, 7) is 5.67. The Morgan fingerprint density at radius 3 is 2.35 bits per heavy atom. The Bertz CT molecular complexity index is 1130. The number of imide groups is 1. The molecular formula is C23H28KN5O7S. The monoisotopic (exact) mass is 557 g/mol. The van der Waals surface area contributed by atoms with E-state index < -0.39 is 63.9 Å². The molecule has 3 aliphatic rings. The Kier molecular flexibility index (Phi) is 9.12. The predicted octanol–water partition coefficient (Wildman–Crippen LogP) is -0.889. The van der Waals surface area contributed by atoms with E-state index in [2.05, 4.69) is 10.6 Å². The van der Waals surface area contributed by atoms with Crippen molar-refractivity contribution in [2.75, 3.05) is 19.6 Å². The number of β-lactam (4-membered cyclic amide) rings is 1. The number of carbonyl (C=O) groups excluding carboxylic acids is 5. The van der Waals surface area contributed by atoms with Crippen molar-refractivity contribution >= 4 is 98.8 Å². The van der Waals surface area contributed by atoms with Gasteiger partial charge in [0.15, 0.2) is 0 Å². The number of aliphatic carboxylic acids is 1. The van der Waals surface area contributed by atoms with Crippen molar-refractivity contribution in [1.29, 1.82) is 0 Å². The number of rotatable bonds is 6. The number of nitrogens with one attached hydrogen (secondary N) is 2. The average molecular weight is 558 g/mol. The molecule has 3 saturated heterocycles. The van der Waals surface area contributed by atoms with E-state index in [0.29, 0.717) is 12.1 Å². The summed E-state index contributed by atoms with van der Waals surface area (Å²) < 4.78 is -0.758. The Hall–Kier alpha value is -1.97. The van der Waals surface area contributed by atoms with Gasteiger partial charge < -0.3 is 25.5 Å². The van der Waals surface area contributed by atoms with Crippen molar-refractivity contribution in [3.05, 3.63) is 35.9 Å². The first-order chi connectivity index (χ1) is 17.0. The molecule has 3 fully saturated rings.